The van der Waals surface area contributed by atoms with Gasteiger partial charge in [0.1, 0.15) is 0 Å². The maximum absolute atomic E-state index is 2.73. The summed E-state index contributed by atoms with van der Waals surface area (Å²) in [6.45, 7) is 28.3. The second kappa shape index (κ2) is 18.6. The van der Waals surface area contributed by atoms with Crippen LogP contribution in [0.4, 0.5) is 0 Å². The van der Waals surface area contributed by atoms with Crippen molar-refractivity contribution in [2.45, 2.75) is 79.1 Å². The fraction of sp³-hybridized carbons (Fsp3) is 1.00. The summed E-state index contributed by atoms with van der Waals surface area (Å²) >= 11 is 0. The number of quaternary nitrogens is 2. The van der Waals surface area contributed by atoms with Crippen molar-refractivity contribution in [3.8, 4) is 0 Å². The van der Waals surface area contributed by atoms with Gasteiger partial charge in [0.05, 0.1) is 52.4 Å². The zero-order valence-corrected chi connectivity index (χ0v) is 26.4. The molecule has 0 atom stereocenters. The highest BCUT2D eigenvalue weighted by Crippen LogP contribution is 2.16. The lowest BCUT2D eigenvalue weighted by molar-refractivity contribution is -0.928. The van der Waals surface area contributed by atoms with Gasteiger partial charge in [-0.25, -0.2) is 0 Å². The third-order valence-corrected chi connectivity index (χ3v) is 8.94. The van der Waals surface area contributed by atoms with Crippen LogP contribution < -0.4 is 48.0 Å². The molecule has 0 amide bonds. The Hall–Kier alpha value is 1.30. The standard InChI is InChI=1S/C26H56N4.2HI/c1-5-29(6-2)23-19-27(20-24-29)17-15-13-11-9-10-12-14-16-18-28-21-25-30(7-3,8-4)26-22-28;;/h5-26H2,1-4H3;2*1H/q+2;;/p-2. The minimum Gasteiger partial charge on any atom is -1.00 e. The van der Waals surface area contributed by atoms with Crippen molar-refractivity contribution < 1.29 is 56.9 Å². The average molecular weight is 679 g/mol. The van der Waals surface area contributed by atoms with Crippen molar-refractivity contribution in [3.05, 3.63) is 0 Å². The van der Waals surface area contributed by atoms with Crippen LogP contribution in [0.2, 0.25) is 0 Å². The van der Waals surface area contributed by atoms with Crippen LogP contribution in [-0.2, 0) is 0 Å². The first-order chi connectivity index (χ1) is 14.6. The summed E-state index contributed by atoms with van der Waals surface area (Å²) in [4.78, 5) is 5.46. The largest absolute Gasteiger partial charge is 1.00 e. The van der Waals surface area contributed by atoms with E-state index in [0.29, 0.717) is 0 Å². The topological polar surface area (TPSA) is 6.48 Å². The monoisotopic (exact) mass is 678 g/mol. The zero-order chi connectivity index (χ0) is 21.7. The lowest BCUT2D eigenvalue weighted by atomic mass is 10.1. The molecular weight excluding hydrogens is 622 g/mol. The molecule has 2 aliphatic heterocycles. The third kappa shape index (κ3) is 11.4. The molecule has 0 saturated carbocycles. The van der Waals surface area contributed by atoms with Gasteiger partial charge < -0.3 is 56.9 Å². The molecule has 32 heavy (non-hydrogen) atoms. The Balaban J connectivity index is 0.00000480. The Morgan fingerprint density at radius 2 is 0.688 bits per heavy atom. The van der Waals surface area contributed by atoms with Gasteiger partial charge in [-0.1, -0.05) is 38.5 Å². The molecule has 2 heterocycles. The van der Waals surface area contributed by atoms with Gasteiger partial charge >= 0.3 is 0 Å². The minimum absolute atomic E-state index is 0. The predicted molar refractivity (Wildman–Crippen MR) is 132 cm³/mol. The number of hydrogen-bond acceptors (Lipinski definition) is 2. The fourth-order valence-corrected chi connectivity index (χ4v) is 5.75. The van der Waals surface area contributed by atoms with Gasteiger partial charge in [0.15, 0.2) is 0 Å². The molecule has 194 valence electrons. The lowest BCUT2D eigenvalue weighted by Gasteiger charge is -2.43. The molecule has 0 N–H and O–H groups in total. The average Bonchev–Trinajstić information content (AvgIpc) is 2.81. The number of likely N-dealkylation sites (N-methyl/N-ethyl adjacent to an activating group) is 2. The Labute approximate surface area is 236 Å². The van der Waals surface area contributed by atoms with Crippen LogP contribution in [-0.4, -0.2) is 110 Å². The summed E-state index contributed by atoms with van der Waals surface area (Å²) in [5.41, 5.74) is 0. The number of piperazine rings is 2. The smallest absolute Gasteiger partial charge is 0.0916 e. The summed E-state index contributed by atoms with van der Waals surface area (Å²) in [7, 11) is 0. The van der Waals surface area contributed by atoms with E-state index in [1.54, 1.807) is 0 Å². The van der Waals surface area contributed by atoms with Gasteiger partial charge in [-0.05, 0) is 53.6 Å². The molecule has 0 unspecified atom stereocenters. The van der Waals surface area contributed by atoms with Crippen LogP contribution in [0.25, 0.3) is 0 Å². The van der Waals surface area contributed by atoms with Crippen LogP contribution in [0.1, 0.15) is 79.1 Å². The van der Waals surface area contributed by atoms with Crippen molar-refractivity contribution >= 4 is 0 Å². The van der Waals surface area contributed by atoms with E-state index in [2.05, 4.69) is 37.5 Å². The van der Waals surface area contributed by atoms with Crippen molar-refractivity contribution in [3.63, 3.8) is 0 Å². The molecular formula is C26H56I2N4. The molecule has 0 aromatic heterocycles. The van der Waals surface area contributed by atoms with Gasteiger partial charge in [-0.3, -0.25) is 9.80 Å². The van der Waals surface area contributed by atoms with Crippen LogP contribution in [0.5, 0.6) is 0 Å². The molecule has 4 nitrogen and oxygen atoms in total. The van der Waals surface area contributed by atoms with Crippen molar-refractivity contribution in [2.75, 3.05) is 91.6 Å². The van der Waals surface area contributed by atoms with Crippen molar-refractivity contribution in [1.29, 1.82) is 0 Å². The highest BCUT2D eigenvalue weighted by atomic mass is 127. The molecule has 0 aliphatic carbocycles. The van der Waals surface area contributed by atoms with Gasteiger partial charge in [-0.15, -0.1) is 0 Å². The van der Waals surface area contributed by atoms with Crippen LogP contribution >= 0.6 is 0 Å². The number of nitrogens with zero attached hydrogens (tertiary/aromatic N) is 4. The molecule has 2 fully saturated rings. The summed E-state index contributed by atoms with van der Waals surface area (Å²) in [5.74, 6) is 0. The van der Waals surface area contributed by atoms with Crippen LogP contribution in [0.3, 0.4) is 0 Å². The Kier molecular flexibility index (Phi) is 19.3. The van der Waals surface area contributed by atoms with Gasteiger partial charge in [0.2, 0.25) is 0 Å². The SMILES string of the molecule is CC[N+]1(CC)CCN(CCCCCCCCCCN2CC[N+](CC)(CC)CC2)CC1.[I-].[I-]. The van der Waals surface area contributed by atoms with Crippen molar-refractivity contribution in [1.82, 2.24) is 9.80 Å². The highest BCUT2D eigenvalue weighted by molar-refractivity contribution is 4.65. The number of rotatable bonds is 15. The van der Waals surface area contributed by atoms with E-state index in [1.165, 1.54) is 152 Å². The van der Waals surface area contributed by atoms with E-state index in [-0.39, 0.29) is 48.0 Å². The van der Waals surface area contributed by atoms with Crippen LogP contribution in [0.15, 0.2) is 0 Å². The maximum Gasteiger partial charge on any atom is 0.0916 e. The summed E-state index contributed by atoms with van der Waals surface area (Å²) in [5, 5.41) is 0. The highest BCUT2D eigenvalue weighted by Gasteiger charge is 2.30. The minimum atomic E-state index is 0. The number of unbranched alkanes of at least 4 members (excludes halogenated alkanes) is 7. The molecule has 2 saturated heterocycles. The van der Waals surface area contributed by atoms with Crippen LogP contribution in [0, 0.1) is 0 Å². The normalized spacial score (nSPS) is 21.0. The molecule has 6 heteroatoms. The van der Waals surface area contributed by atoms with E-state index in [4.69, 9.17) is 0 Å². The van der Waals surface area contributed by atoms with E-state index in [1.807, 2.05) is 0 Å². The second-order valence-corrected chi connectivity index (χ2v) is 10.4. The molecule has 0 aromatic rings. The molecule has 0 radical (unpaired) electrons. The summed E-state index contributed by atoms with van der Waals surface area (Å²) < 4.78 is 2.71. The zero-order valence-electron chi connectivity index (χ0n) is 22.1. The molecule has 2 rings (SSSR count). The quantitative estimate of drug-likeness (QED) is 0.118. The van der Waals surface area contributed by atoms with E-state index in [9.17, 15) is 0 Å². The third-order valence-electron chi connectivity index (χ3n) is 8.94. The molecule has 0 aromatic carbocycles. The van der Waals surface area contributed by atoms with Gasteiger partial charge in [0, 0.05) is 26.2 Å². The van der Waals surface area contributed by atoms with Gasteiger partial charge in [0.25, 0.3) is 0 Å². The van der Waals surface area contributed by atoms with E-state index < -0.39 is 0 Å². The fourth-order valence-electron chi connectivity index (χ4n) is 5.75. The lowest BCUT2D eigenvalue weighted by Crippen LogP contribution is -3.00. The number of hydrogen-bond donors (Lipinski definition) is 0. The number of halogens is 2. The van der Waals surface area contributed by atoms with Gasteiger partial charge in [-0.2, -0.15) is 0 Å². The van der Waals surface area contributed by atoms with E-state index in [0.717, 1.165) is 0 Å². The Morgan fingerprint density at radius 1 is 0.438 bits per heavy atom. The molecule has 0 bridgehead atoms. The van der Waals surface area contributed by atoms with E-state index >= 15 is 0 Å². The molecule has 2 aliphatic rings. The maximum atomic E-state index is 2.73. The summed E-state index contributed by atoms with van der Waals surface area (Å²) in [6.07, 6.45) is 11.6. The summed E-state index contributed by atoms with van der Waals surface area (Å²) in [6, 6.07) is 0. The molecule has 0 spiro atoms. The van der Waals surface area contributed by atoms with Crippen molar-refractivity contribution in [2.24, 2.45) is 0 Å². The predicted octanol–water partition coefficient (Wildman–Crippen LogP) is -1.54. The second-order valence-electron chi connectivity index (χ2n) is 10.4. The first-order valence-corrected chi connectivity index (χ1v) is 13.8. The first kappa shape index (κ1) is 33.3. The Bertz CT molecular complexity index is 382. The first-order valence-electron chi connectivity index (χ1n) is 13.8. The Morgan fingerprint density at radius 3 is 0.938 bits per heavy atom.